The minimum absolute atomic E-state index is 0.0514. The Morgan fingerprint density at radius 1 is 1.26 bits per heavy atom. The summed E-state index contributed by atoms with van der Waals surface area (Å²) >= 11 is 0. The molecule has 0 saturated carbocycles. The van der Waals surface area contributed by atoms with Crippen molar-refractivity contribution in [1.29, 1.82) is 0 Å². The molecule has 0 bridgehead atoms. The molecule has 1 saturated heterocycles. The number of nitrogens with zero attached hydrogens (tertiary/aromatic N) is 1. The zero-order valence-corrected chi connectivity index (χ0v) is 12.2. The second-order valence-electron chi connectivity index (χ2n) is 5.44. The van der Waals surface area contributed by atoms with Crippen LogP contribution in [0.1, 0.15) is 26.7 Å². The average Bonchev–Trinajstić information content (AvgIpc) is 2.39. The SMILES string of the molecule is CC(C)C1CCN(S(=O)(=O)c2cccc(F)c2)CC1. The molecule has 0 spiro atoms. The van der Waals surface area contributed by atoms with Crippen LogP contribution in [0.15, 0.2) is 29.2 Å². The Kier molecular flexibility index (Phi) is 4.26. The summed E-state index contributed by atoms with van der Waals surface area (Å²) in [7, 11) is -3.54. The van der Waals surface area contributed by atoms with Gasteiger partial charge >= 0.3 is 0 Å². The first-order valence-electron chi connectivity index (χ1n) is 6.67. The van der Waals surface area contributed by atoms with Gasteiger partial charge in [-0.3, -0.25) is 0 Å². The van der Waals surface area contributed by atoms with Gasteiger partial charge in [-0.2, -0.15) is 4.31 Å². The van der Waals surface area contributed by atoms with Crippen LogP contribution >= 0.6 is 0 Å². The van der Waals surface area contributed by atoms with Gasteiger partial charge in [0.2, 0.25) is 10.0 Å². The first-order chi connectivity index (χ1) is 8.91. The van der Waals surface area contributed by atoms with E-state index in [4.69, 9.17) is 0 Å². The third-order valence-corrected chi connectivity index (χ3v) is 5.77. The molecule has 0 N–H and O–H groups in total. The van der Waals surface area contributed by atoms with Crippen LogP contribution in [0.3, 0.4) is 0 Å². The molecule has 5 heteroatoms. The Labute approximate surface area is 114 Å². The summed E-state index contributed by atoms with van der Waals surface area (Å²) in [6.07, 6.45) is 1.76. The van der Waals surface area contributed by atoms with E-state index in [1.807, 2.05) is 0 Å². The Balaban J connectivity index is 2.14. The number of benzene rings is 1. The summed E-state index contributed by atoms with van der Waals surface area (Å²) in [4.78, 5) is 0.0514. The molecule has 1 heterocycles. The zero-order valence-electron chi connectivity index (χ0n) is 11.3. The maximum atomic E-state index is 13.1. The molecule has 1 fully saturated rings. The van der Waals surface area contributed by atoms with E-state index >= 15 is 0 Å². The van der Waals surface area contributed by atoms with Crippen LogP contribution in [0.2, 0.25) is 0 Å². The molecule has 0 amide bonds. The van der Waals surface area contributed by atoms with Gasteiger partial charge in [-0.1, -0.05) is 19.9 Å². The topological polar surface area (TPSA) is 37.4 Å². The normalized spacial score (nSPS) is 18.9. The van der Waals surface area contributed by atoms with Crippen LogP contribution < -0.4 is 0 Å². The molecule has 3 nitrogen and oxygen atoms in total. The van der Waals surface area contributed by atoms with Crippen molar-refractivity contribution in [3.63, 3.8) is 0 Å². The van der Waals surface area contributed by atoms with Crippen LogP contribution in [0.5, 0.6) is 0 Å². The summed E-state index contributed by atoms with van der Waals surface area (Å²) in [5, 5.41) is 0. The lowest BCUT2D eigenvalue weighted by atomic mass is 9.87. The van der Waals surface area contributed by atoms with Crippen LogP contribution in [0.4, 0.5) is 4.39 Å². The van der Waals surface area contributed by atoms with Crippen LogP contribution in [-0.2, 0) is 10.0 Å². The zero-order chi connectivity index (χ0) is 14.0. The molecule has 0 unspecified atom stereocenters. The number of sulfonamides is 1. The summed E-state index contributed by atoms with van der Waals surface area (Å²) in [6, 6.07) is 5.23. The molecule has 1 aromatic rings. The lowest BCUT2D eigenvalue weighted by Crippen LogP contribution is -2.39. The van der Waals surface area contributed by atoms with Crippen molar-refractivity contribution in [2.45, 2.75) is 31.6 Å². The summed E-state index contributed by atoms with van der Waals surface area (Å²) in [5.41, 5.74) is 0. The molecule has 0 aliphatic carbocycles. The highest BCUT2D eigenvalue weighted by Gasteiger charge is 2.30. The van der Waals surface area contributed by atoms with Crippen molar-refractivity contribution in [2.24, 2.45) is 11.8 Å². The van der Waals surface area contributed by atoms with Crippen molar-refractivity contribution in [1.82, 2.24) is 4.31 Å². The Morgan fingerprint density at radius 3 is 2.42 bits per heavy atom. The molecule has 1 aliphatic rings. The van der Waals surface area contributed by atoms with Gasteiger partial charge in [0, 0.05) is 13.1 Å². The fraction of sp³-hybridized carbons (Fsp3) is 0.571. The lowest BCUT2D eigenvalue weighted by molar-refractivity contribution is 0.226. The van der Waals surface area contributed by atoms with E-state index in [1.165, 1.54) is 22.5 Å². The van der Waals surface area contributed by atoms with Crippen molar-refractivity contribution >= 4 is 10.0 Å². The summed E-state index contributed by atoms with van der Waals surface area (Å²) < 4.78 is 39.4. The predicted octanol–water partition coefficient (Wildman–Crippen LogP) is 2.88. The second kappa shape index (κ2) is 5.59. The van der Waals surface area contributed by atoms with Crippen molar-refractivity contribution in [3.05, 3.63) is 30.1 Å². The van der Waals surface area contributed by atoms with E-state index in [0.29, 0.717) is 24.9 Å². The van der Waals surface area contributed by atoms with Crippen molar-refractivity contribution in [3.8, 4) is 0 Å². The van der Waals surface area contributed by atoms with Gasteiger partial charge in [-0.15, -0.1) is 0 Å². The summed E-state index contributed by atoms with van der Waals surface area (Å²) in [6.45, 7) is 5.40. The molecular weight excluding hydrogens is 265 g/mol. The minimum Gasteiger partial charge on any atom is -0.207 e. The smallest absolute Gasteiger partial charge is 0.207 e. The monoisotopic (exact) mass is 285 g/mol. The fourth-order valence-corrected chi connectivity index (χ4v) is 4.06. The molecular formula is C14H20FNO2S. The highest BCUT2D eigenvalue weighted by Crippen LogP contribution is 2.28. The Hall–Kier alpha value is -0.940. The molecule has 106 valence electrons. The largest absolute Gasteiger partial charge is 0.243 e. The number of piperidine rings is 1. The maximum absolute atomic E-state index is 13.1. The van der Waals surface area contributed by atoms with Crippen LogP contribution in [0.25, 0.3) is 0 Å². The maximum Gasteiger partial charge on any atom is 0.243 e. The van der Waals surface area contributed by atoms with Gasteiger partial charge in [0.15, 0.2) is 0 Å². The van der Waals surface area contributed by atoms with E-state index in [2.05, 4.69) is 13.8 Å². The molecule has 1 aromatic carbocycles. The Morgan fingerprint density at radius 2 is 1.89 bits per heavy atom. The van der Waals surface area contributed by atoms with Crippen molar-refractivity contribution in [2.75, 3.05) is 13.1 Å². The van der Waals surface area contributed by atoms with Gasteiger partial charge in [0.1, 0.15) is 5.82 Å². The molecule has 2 rings (SSSR count). The molecule has 19 heavy (non-hydrogen) atoms. The second-order valence-corrected chi connectivity index (χ2v) is 7.38. The van der Waals surface area contributed by atoms with Crippen LogP contribution in [-0.4, -0.2) is 25.8 Å². The van der Waals surface area contributed by atoms with E-state index in [9.17, 15) is 12.8 Å². The fourth-order valence-electron chi connectivity index (χ4n) is 2.56. The Bertz CT molecular complexity index is 534. The van der Waals surface area contributed by atoms with Gasteiger partial charge in [0.25, 0.3) is 0 Å². The van der Waals surface area contributed by atoms with Gasteiger partial charge in [-0.05, 0) is 42.9 Å². The number of rotatable bonds is 3. The molecule has 0 radical (unpaired) electrons. The molecule has 0 atom stereocenters. The first-order valence-corrected chi connectivity index (χ1v) is 8.11. The minimum atomic E-state index is -3.54. The number of halogens is 1. The van der Waals surface area contributed by atoms with Crippen molar-refractivity contribution < 1.29 is 12.8 Å². The average molecular weight is 285 g/mol. The van der Waals surface area contributed by atoms with E-state index < -0.39 is 15.8 Å². The first kappa shape index (κ1) is 14.5. The third-order valence-electron chi connectivity index (χ3n) is 3.88. The lowest BCUT2D eigenvalue weighted by Gasteiger charge is -2.33. The van der Waals surface area contributed by atoms with Gasteiger partial charge in [-0.25, -0.2) is 12.8 Å². The highest BCUT2D eigenvalue weighted by atomic mass is 32.2. The third kappa shape index (κ3) is 3.15. The highest BCUT2D eigenvalue weighted by molar-refractivity contribution is 7.89. The molecule has 0 aromatic heterocycles. The summed E-state index contributed by atoms with van der Waals surface area (Å²) in [5.74, 6) is 0.649. The van der Waals surface area contributed by atoms with E-state index in [1.54, 1.807) is 0 Å². The van der Waals surface area contributed by atoms with Gasteiger partial charge in [0.05, 0.1) is 4.90 Å². The van der Waals surface area contributed by atoms with Gasteiger partial charge < -0.3 is 0 Å². The number of hydrogen-bond acceptors (Lipinski definition) is 2. The molecule has 1 aliphatic heterocycles. The number of hydrogen-bond donors (Lipinski definition) is 0. The quantitative estimate of drug-likeness (QED) is 0.856. The van der Waals surface area contributed by atoms with Crippen LogP contribution in [0, 0.1) is 17.7 Å². The standard InChI is InChI=1S/C14H20FNO2S/c1-11(2)12-6-8-16(9-7-12)19(17,18)14-5-3-4-13(15)10-14/h3-5,10-12H,6-9H2,1-2H3. The predicted molar refractivity (Wildman–Crippen MR) is 72.7 cm³/mol. The van der Waals surface area contributed by atoms with E-state index in [0.717, 1.165) is 18.9 Å². The van der Waals surface area contributed by atoms with E-state index in [-0.39, 0.29) is 4.90 Å².